The third kappa shape index (κ3) is 7.32. The summed E-state index contributed by atoms with van der Waals surface area (Å²) in [7, 11) is -2.97. The summed E-state index contributed by atoms with van der Waals surface area (Å²) in [6.07, 6.45) is 2.18. The van der Waals surface area contributed by atoms with Crippen LogP contribution in [0.15, 0.2) is 0 Å². The summed E-state index contributed by atoms with van der Waals surface area (Å²) in [6, 6.07) is 0. The third-order valence-corrected chi connectivity index (χ3v) is 7.01. The highest BCUT2D eigenvalue weighted by Crippen LogP contribution is 2.20. The first-order chi connectivity index (χ1) is 10.1. The zero-order chi connectivity index (χ0) is 15.6. The number of sulfone groups is 1. The molecule has 0 spiro atoms. The second-order valence-corrected chi connectivity index (χ2v) is 8.77. The van der Waals surface area contributed by atoms with E-state index in [9.17, 15) is 8.42 Å². The first kappa shape index (κ1) is 19.2. The van der Waals surface area contributed by atoms with Gasteiger partial charge in [0.25, 0.3) is 0 Å². The molecule has 1 atom stereocenters. The Morgan fingerprint density at radius 2 is 2.10 bits per heavy atom. The van der Waals surface area contributed by atoms with Gasteiger partial charge in [-0.2, -0.15) is 11.8 Å². The van der Waals surface area contributed by atoms with Gasteiger partial charge in [-0.05, 0) is 26.3 Å². The van der Waals surface area contributed by atoms with E-state index in [0.717, 1.165) is 58.0 Å². The van der Waals surface area contributed by atoms with Crippen molar-refractivity contribution in [1.82, 2.24) is 10.2 Å². The minimum atomic E-state index is -2.97. The smallest absolute Gasteiger partial charge is 0.166 e. The van der Waals surface area contributed by atoms with Gasteiger partial charge in [-0.25, -0.2) is 8.42 Å². The predicted molar refractivity (Wildman–Crippen MR) is 90.7 cm³/mol. The summed E-state index contributed by atoms with van der Waals surface area (Å²) in [6.45, 7) is 8.89. The van der Waals surface area contributed by atoms with Crippen LogP contribution in [0.25, 0.3) is 0 Å². The summed E-state index contributed by atoms with van der Waals surface area (Å²) < 4.78 is 29.5. The SMILES string of the molecule is CCOCCCCNCCN1CCSCC1S(=O)(=O)CC. The molecule has 7 heteroatoms. The number of hydrogen-bond acceptors (Lipinski definition) is 6. The first-order valence-electron chi connectivity index (χ1n) is 7.93. The standard InChI is InChI=1S/C14H30N2O3S2/c1-3-19-11-6-5-7-15-8-9-16-10-12-20-13-14(16)21(17,18)4-2/h14-15H,3-13H2,1-2H3. The maximum absolute atomic E-state index is 12.1. The molecule has 0 amide bonds. The van der Waals surface area contributed by atoms with Crippen molar-refractivity contribution in [3.05, 3.63) is 0 Å². The van der Waals surface area contributed by atoms with Crippen LogP contribution in [0.4, 0.5) is 0 Å². The molecule has 0 aromatic rings. The van der Waals surface area contributed by atoms with Gasteiger partial charge in [0.1, 0.15) is 5.37 Å². The van der Waals surface area contributed by atoms with Crippen LogP contribution in [0, 0.1) is 0 Å². The zero-order valence-corrected chi connectivity index (χ0v) is 15.0. The van der Waals surface area contributed by atoms with Crippen molar-refractivity contribution < 1.29 is 13.2 Å². The van der Waals surface area contributed by atoms with Crippen molar-refractivity contribution in [2.75, 3.05) is 56.7 Å². The molecule has 0 radical (unpaired) electrons. The van der Waals surface area contributed by atoms with Gasteiger partial charge in [0, 0.05) is 50.1 Å². The van der Waals surface area contributed by atoms with E-state index in [0.29, 0.717) is 5.75 Å². The van der Waals surface area contributed by atoms with Crippen LogP contribution in [0.1, 0.15) is 26.7 Å². The van der Waals surface area contributed by atoms with Gasteiger partial charge < -0.3 is 10.1 Å². The van der Waals surface area contributed by atoms with Crippen LogP contribution in [0.3, 0.4) is 0 Å². The molecule has 0 aromatic heterocycles. The lowest BCUT2D eigenvalue weighted by atomic mass is 10.3. The summed E-state index contributed by atoms with van der Waals surface area (Å²) >= 11 is 1.75. The maximum Gasteiger partial charge on any atom is 0.166 e. The van der Waals surface area contributed by atoms with E-state index in [-0.39, 0.29) is 11.1 Å². The Morgan fingerprint density at radius 1 is 1.29 bits per heavy atom. The molecule has 1 aliphatic rings. The number of nitrogens with one attached hydrogen (secondary N) is 1. The number of nitrogens with zero attached hydrogens (tertiary/aromatic N) is 1. The average Bonchev–Trinajstić information content (AvgIpc) is 2.50. The molecule has 0 saturated carbocycles. The van der Waals surface area contributed by atoms with Crippen LogP contribution in [-0.4, -0.2) is 75.3 Å². The second kappa shape index (κ2) is 10.8. The molecule has 1 unspecified atom stereocenters. The van der Waals surface area contributed by atoms with Gasteiger partial charge >= 0.3 is 0 Å². The zero-order valence-electron chi connectivity index (χ0n) is 13.3. The Bertz CT molecular complexity index is 363. The van der Waals surface area contributed by atoms with Crippen LogP contribution >= 0.6 is 11.8 Å². The molecule has 1 saturated heterocycles. The first-order valence-corrected chi connectivity index (χ1v) is 10.8. The molecule has 1 aliphatic heterocycles. The quantitative estimate of drug-likeness (QED) is 0.571. The average molecular weight is 339 g/mol. The molecule has 21 heavy (non-hydrogen) atoms. The highest BCUT2D eigenvalue weighted by molar-refractivity contribution is 8.01. The fourth-order valence-electron chi connectivity index (χ4n) is 2.34. The number of rotatable bonds is 11. The molecule has 1 heterocycles. The summed E-state index contributed by atoms with van der Waals surface area (Å²) in [5.74, 6) is 1.98. The predicted octanol–water partition coefficient (Wildman–Crippen LogP) is 1.20. The van der Waals surface area contributed by atoms with E-state index in [2.05, 4.69) is 10.2 Å². The van der Waals surface area contributed by atoms with Crippen molar-refractivity contribution in [2.24, 2.45) is 0 Å². The number of thioether (sulfide) groups is 1. The Balaban J connectivity index is 2.20. The lowest BCUT2D eigenvalue weighted by Crippen LogP contribution is -2.49. The summed E-state index contributed by atoms with van der Waals surface area (Å²) in [4.78, 5) is 2.13. The number of unbranched alkanes of at least 4 members (excludes halogenated alkanes) is 1. The summed E-state index contributed by atoms with van der Waals surface area (Å²) in [5.41, 5.74) is 0. The minimum Gasteiger partial charge on any atom is -0.382 e. The molecule has 1 N–H and O–H groups in total. The van der Waals surface area contributed by atoms with Crippen molar-refractivity contribution in [3.63, 3.8) is 0 Å². The molecule has 5 nitrogen and oxygen atoms in total. The second-order valence-electron chi connectivity index (χ2n) is 5.17. The fourth-order valence-corrected chi connectivity index (χ4v) is 5.45. The Labute approximate surface area is 134 Å². The molecule has 0 aliphatic carbocycles. The number of ether oxygens (including phenoxy) is 1. The topological polar surface area (TPSA) is 58.6 Å². The van der Waals surface area contributed by atoms with Crippen molar-refractivity contribution in [1.29, 1.82) is 0 Å². The van der Waals surface area contributed by atoms with Crippen molar-refractivity contribution >= 4 is 21.6 Å². The minimum absolute atomic E-state index is 0.236. The highest BCUT2D eigenvalue weighted by atomic mass is 32.2. The van der Waals surface area contributed by atoms with Crippen molar-refractivity contribution in [2.45, 2.75) is 32.1 Å². The monoisotopic (exact) mass is 338 g/mol. The fraction of sp³-hybridized carbons (Fsp3) is 1.00. The van der Waals surface area contributed by atoms with E-state index < -0.39 is 9.84 Å². The van der Waals surface area contributed by atoms with Crippen LogP contribution in [-0.2, 0) is 14.6 Å². The van der Waals surface area contributed by atoms with Crippen LogP contribution < -0.4 is 5.32 Å². The number of hydrogen-bond donors (Lipinski definition) is 1. The molecule has 0 bridgehead atoms. The maximum atomic E-state index is 12.1. The molecular formula is C14H30N2O3S2. The molecule has 1 rings (SSSR count). The van der Waals surface area contributed by atoms with Gasteiger partial charge in [0.2, 0.25) is 0 Å². The summed E-state index contributed by atoms with van der Waals surface area (Å²) in [5, 5.41) is 3.11. The lowest BCUT2D eigenvalue weighted by molar-refractivity contribution is 0.143. The molecular weight excluding hydrogens is 308 g/mol. The van der Waals surface area contributed by atoms with Crippen LogP contribution in [0.5, 0.6) is 0 Å². The normalized spacial score (nSPS) is 20.8. The van der Waals surface area contributed by atoms with Gasteiger partial charge in [-0.3, -0.25) is 4.90 Å². The van der Waals surface area contributed by atoms with Crippen molar-refractivity contribution in [3.8, 4) is 0 Å². The largest absolute Gasteiger partial charge is 0.382 e. The van der Waals surface area contributed by atoms with Gasteiger partial charge in [-0.1, -0.05) is 6.92 Å². The van der Waals surface area contributed by atoms with Gasteiger partial charge in [-0.15, -0.1) is 0 Å². The Kier molecular flexibility index (Phi) is 9.92. The van der Waals surface area contributed by atoms with Gasteiger partial charge in [0.05, 0.1) is 0 Å². The molecule has 1 fully saturated rings. The Hall–Kier alpha value is 0.180. The lowest BCUT2D eigenvalue weighted by Gasteiger charge is -2.34. The third-order valence-electron chi connectivity index (χ3n) is 3.68. The Morgan fingerprint density at radius 3 is 2.81 bits per heavy atom. The van der Waals surface area contributed by atoms with E-state index >= 15 is 0 Å². The van der Waals surface area contributed by atoms with E-state index in [1.807, 2.05) is 6.92 Å². The molecule has 126 valence electrons. The van der Waals surface area contributed by atoms with Gasteiger partial charge in [0.15, 0.2) is 9.84 Å². The van der Waals surface area contributed by atoms with E-state index in [1.54, 1.807) is 18.7 Å². The highest BCUT2D eigenvalue weighted by Gasteiger charge is 2.32. The molecule has 0 aromatic carbocycles. The van der Waals surface area contributed by atoms with E-state index in [4.69, 9.17) is 4.74 Å². The van der Waals surface area contributed by atoms with Crippen LogP contribution in [0.2, 0.25) is 0 Å². The van der Waals surface area contributed by atoms with E-state index in [1.165, 1.54) is 0 Å².